The van der Waals surface area contributed by atoms with Crippen LogP contribution in [0.5, 0.6) is 0 Å². The van der Waals surface area contributed by atoms with E-state index in [-0.39, 0.29) is 0 Å². The van der Waals surface area contributed by atoms with Crippen molar-refractivity contribution < 1.29 is 0 Å². The average molecular weight is 249 g/mol. The smallest absolute Gasteiger partial charge is 0.0343 e. The molecule has 17 heavy (non-hydrogen) atoms. The van der Waals surface area contributed by atoms with Gasteiger partial charge in [-0.1, -0.05) is 13.8 Å². The summed E-state index contributed by atoms with van der Waals surface area (Å²) in [4.78, 5) is 1.33. The number of hydrogen-bond donors (Lipinski definition) is 1. The van der Waals surface area contributed by atoms with E-state index in [0.717, 1.165) is 11.8 Å². The molecule has 1 aromatic carbocycles. The summed E-state index contributed by atoms with van der Waals surface area (Å²) in [6, 6.07) is 9.47. The van der Waals surface area contributed by atoms with Gasteiger partial charge < -0.3 is 5.32 Å². The monoisotopic (exact) mass is 249 g/mol. The summed E-state index contributed by atoms with van der Waals surface area (Å²) in [5.41, 5.74) is 1.27. The van der Waals surface area contributed by atoms with Gasteiger partial charge in [-0.15, -0.1) is 11.8 Å². The van der Waals surface area contributed by atoms with Crippen molar-refractivity contribution in [2.24, 2.45) is 11.8 Å². The molecule has 0 spiro atoms. The van der Waals surface area contributed by atoms with Crippen molar-refractivity contribution in [3.05, 3.63) is 24.3 Å². The fourth-order valence-electron chi connectivity index (χ4n) is 2.60. The lowest BCUT2D eigenvalue weighted by atomic mass is 9.79. The molecule has 1 saturated carbocycles. The third-order valence-corrected chi connectivity index (χ3v) is 4.80. The predicted octanol–water partition coefficient (Wildman–Crippen LogP) is 4.65. The second-order valence-corrected chi connectivity index (χ2v) is 6.22. The molecule has 0 saturated heterocycles. The molecule has 1 fully saturated rings. The van der Waals surface area contributed by atoms with Crippen LogP contribution in [0.3, 0.4) is 0 Å². The summed E-state index contributed by atoms with van der Waals surface area (Å²) < 4.78 is 0. The highest BCUT2D eigenvalue weighted by Crippen LogP contribution is 2.31. The van der Waals surface area contributed by atoms with Crippen molar-refractivity contribution in [2.45, 2.75) is 44.0 Å². The lowest BCUT2D eigenvalue weighted by molar-refractivity contribution is 0.261. The van der Waals surface area contributed by atoms with E-state index in [2.05, 4.69) is 49.7 Å². The van der Waals surface area contributed by atoms with Crippen LogP contribution in [0.25, 0.3) is 0 Å². The van der Waals surface area contributed by atoms with Crippen LogP contribution in [0.2, 0.25) is 0 Å². The number of anilines is 1. The van der Waals surface area contributed by atoms with E-state index in [9.17, 15) is 0 Å². The van der Waals surface area contributed by atoms with Crippen LogP contribution < -0.4 is 5.32 Å². The molecule has 1 N–H and O–H groups in total. The second kappa shape index (κ2) is 5.81. The lowest BCUT2D eigenvalue weighted by Crippen LogP contribution is -2.30. The Morgan fingerprint density at radius 1 is 1.06 bits per heavy atom. The van der Waals surface area contributed by atoms with Crippen molar-refractivity contribution in [2.75, 3.05) is 11.6 Å². The van der Waals surface area contributed by atoms with E-state index in [4.69, 9.17) is 0 Å². The Morgan fingerprint density at radius 3 is 2.35 bits per heavy atom. The number of rotatable bonds is 3. The molecule has 1 aliphatic rings. The Morgan fingerprint density at radius 2 is 1.76 bits per heavy atom. The van der Waals surface area contributed by atoms with Crippen LogP contribution >= 0.6 is 11.8 Å². The van der Waals surface area contributed by atoms with Crippen molar-refractivity contribution in [3.8, 4) is 0 Å². The normalized spacial score (nSPS) is 29.0. The van der Waals surface area contributed by atoms with Crippen molar-refractivity contribution in [1.82, 2.24) is 0 Å². The standard InChI is InChI=1S/C15H23NS/c1-11-4-5-14(10-12(11)2)16-13-6-8-15(17-3)9-7-13/h6-9,11-12,14,16H,4-5,10H2,1-3H3. The summed E-state index contributed by atoms with van der Waals surface area (Å²) in [6.07, 6.45) is 6.11. The summed E-state index contributed by atoms with van der Waals surface area (Å²) in [6.45, 7) is 4.77. The molecule has 2 heteroatoms. The molecule has 0 heterocycles. The molecule has 0 bridgehead atoms. The van der Waals surface area contributed by atoms with Crippen LogP contribution in [0.1, 0.15) is 33.1 Å². The Bertz CT molecular complexity index is 346. The zero-order valence-electron chi connectivity index (χ0n) is 11.1. The highest BCUT2D eigenvalue weighted by molar-refractivity contribution is 7.98. The molecule has 0 radical (unpaired) electrons. The van der Waals surface area contributed by atoms with Gasteiger partial charge in [-0.05, 0) is 61.6 Å². The molecule has 94 valence electrons. The number of thioether (sulfide) groups is 1. The Balaban J connectivity index is 1.92. The maximum absolute atomic E-state index is 3.67. The topological polar surface area (TPSA) is 12.0 Å². The molecular weight excluding hydrogens is 226 g/mol. The maximum Gasteiger partial charge on any atom is 0.0343 e. The van der Waals surface area contributed by atoms with Crippen molar-refractivity contribution in [1.29, 1.82) is 0 Å². The highest BCUT2D eigenvalue weighted by atomic mass is 32.2. The summed E-state index contributed by atoms with van der Waals surface area (Å²) in [7, 11) is 0. The van der Waals surface area contributed by atoms with Crippen LogP contribution in [0.4, 0.5) is 5.69 Å². The quantitative estimate of drug-likeness (QED) is 0.783. The van der Waals surface area contributed by atoms with Gasteiger partial charge in [0.05, 0.1) is 0 Å². The Kier molecular flexibility index (Phi) is 4.38. The van der Waals surface area contributed by atoms with Gasteiger partial charge >= 0.3 is 0 Å². The van der Waals surface area contributed by atoms with Gasteiger partial charge in [0, 0.05) is 16.6 Å². The van der Waals surface area contributed by atoms with Gasteiger partial charge in [0.2, 0.25) is 0 Å². The minimum Gasteiger partial charge on any atom is -0.382 e. The van der Waals surface area contributed by atoms with Gasteiger partial charge in [-0.3, -0.25) is 0 Å². The van der Waals surface area contributed by atoms with Gasteiger partial charge in [-0.25, -0.2) is 0 Å². The summed E-state index contributed by atoms with van der Waals surface area (Å²) in [5, 5.41) is 3.67. The molecule has 2 rings (SSSR count). The van der Waals surface area contributed by atoms with Crippen LogP contribution in [-0.2, 0) is 0 Å². The van der Waals surface area contributed by atoms with Gasteiger partial charge in [0.25, 0.3) is 0 Å². The fourth-order valence-corrected chi connectivity index (χ4v) is 3.01. The molecule has 3 atom stereocenters. The first-order valence-electron chi connectivity index (χ1n) is 6.59. The van der Waals surface area contributed by atoms with Crippen LogP contribution in [0, 0.1) is 11.8 Å². The van der Waals surface area contributed by atoms with Gasteiger partial charge in [0.15, 0.2) is 0 Å². The zero-order chi connectivity index (χ0) is 12.3. The van der Waals surface area contributed by atoms with E-state index in [1.54, 1.807) is 11.8 Å². The first kappa shape index (κ1) is 12.8. The predicted molar refractivity (Wildman–Crippen MR) is 77.8 cm³/mol. The zero-order valence-corrected chi connectivity index (χ0v) is 11.9. The van der Waals surface area contributed by atoms with E-state index < -0.39 is 0 Å². The minimum atomic E-state index is 0.668. The summed E-state index contributed by atoms with van der Waals surface area (Å²) >= 11 is 1.80. The van der Waals surface area contributed by atoms with Gasteiger partial charge in [0.1, 0.15) is 0 Å². The maximum atomic E-state index is 3.67. The molecular formula is C15H23NS. The third-order valence-electron chi connectivity index (χ3n) is 4.06. The molecule has 1 nitrogen and oxygen atoms in total. The molecule has 0 aliphatic heterocycles. The number of benzene rings is 1. The Hall–Kier alpha value is -0.630. The molecule has 1 aromatic rings. The molecule has 1 aliphatic carbocycles. The van der Waals surface area contributed by atoms with Crippen LogP contribution in [0.15, 0.2) is 29.2 Å². The summed E-state index contributed by atoms with van der Waals surface area (Å²) in [5.74, 6) is 1.75. The minimum absolute atomic E-state index is 0.668. The molecule has 0 amide bonds. The largest absolute Gasteiger partial charge is 0.382 e. The molecule has 3 unspecified atom stereocenters. The van der Waals surface area contributed by atoms with E-state index in [1.165, 1.54) is 29.8 Å². The Labute approximate surface area is 109 Å². The van der Waals surface area contributed by atoms with Crippen molar-refractivity contribution >= 4 is 17.4 Å². The lowest BCUT2D eigenvalue weighted by Gasteiger charge is -2.33. The number of hydrogen-bond acceptors (Lipinski definition) is 2. The average Bonchev–Trinajstić information content (AvgIpc) is 2.35. The molecule has 0 aromatic heterocycles. The fraction of sp³-hybridized carbons (Fsp3) is 0.600. The van der Waals surface area contributed by atoms with E-state index in [1.807, 2.05) is 0 Å². The van der Waals surface area contributed by atoms with Gasteiger partial charge in [-0.2, -0.15) is 0 Å². The van der Waals surface area contributed by atoms with E-state index in [0.29, 0.717) is 6.04 Å². The second-order valence-electron chi connectivity index (χ2n) is 5.34. The van der Waals surface area contributed by atoms with Crippen molar-refractivity contribution in [3.63, 3.8) is 0 Å². The highest BCUT2D eigenvalue weighted by Gasteiger charge is 2.24. The third kappa shape index (κ3) is 3.41. The first-order chi connectivity index (χ1) is 8.19. The number of nitrogens with one attached hydrogen (secondary N) is 1. The van der Waals surface area contributed by atoms with Crippen LogP contribution in [-0.4, -0.2) is 12.3 Å². The first-order valence-corrected chi connectivity index (χ1v) is 7.82. The SMILES string of the molecule is CSc1ccc(NC2CCC(C)C(C)C2)cc1. The van der Waals surface area contributed by atoms with E-state index >= 15 is 0 Å².